The number of ether oxygens (including phenoxy) is 6. The zero-order valence-corrected chi connectivity index (χ0v) is 51.8. The lowest BCUT2D eigenvalue weighted by molar-refractivity contribution is -0.147. The number of benzene rings is 4. The molecule has 1 aliphatic heterocycles. The molecule has 0 fully saturated rings. The molecule has 8 rings (SSSR count). The quantitative estimate of drug-likeness (QED) is 0.0508. The van der Waals surface area contributed by atoms with Gasteiger partial charge in [-0.1, -0.05) is 51.1 Å². The van der Waals surface area contributed by atoms with Crippen molar-refractivity contribution in [1.29, 1.82) is 0 Å². The predicted octanol–water partition coefficient (Wildman–Crippen LogP) is 9.90. The first-order valence-corrected chi connectivity index (χ1v) is 31.0. The number of anilines is 2. The maximum absolute atomic E-state index is 15.0. The van der Waals surface area contributed by atoms with E-state index >= 15 is 4.79 Å². The van der Waals surface area contributed by atoms with Crippen LogP contribution < -0.4 is 25.4 Å². The Balaban J connectivity index is 0.816. The van der Waals surface area contributed by atoms with Gasteiger partial charge in [0.2, 0.25) is 17.7 Å². The molecule has 3 N–H and O–H groups in total. The van der Waals surface area contributed by atoms with Crippen LogP contribution in [-0.4, -0.2) is 140 Å². The van der Waals surface area contributed by atoms with Gasteiger partial charge in [-0.2, -0.15) is 0 Å². The number of aryl methyl sites for hydroxylation is 1. The number of rotatable bonds is 23. The van der Waals surface area contributed by atoms with Crippen LogP contribution >= 0.6 is 11.3 Å². The minimum Gasteiger partial charge on any atom is -0.491 e. The van der Waals surface area contributed by atoms with Crippen LogP contribution in [0.5, 0.6) is 11.5 Å². The minimum atomic E-state index is -3.84. The summed E-state index contributed by atoms with van der Waals surface area (Å²) < 4.78 is 62.9. The minimum absolute atomic E-state index is 0.0659. The van der Waals surface area contributed by atoms with E-state index in [0.29, 0.717) is 42.2 Å². The number of fused-ring (bicyclic) bond motifs is 4. The largest absolute Gasteiger partial charge is 0.491 e. The van der Waals surface area contributed by atoms with Crippen LogP contribution in [-0.2, 0) is 62.6 Å². The fraction of sp³-hybridized carbons (Fsp3) is 0.492. The molecular weight excluding hydrogens is 1110 g/mol. The Morgan fingerprint density at radius 2 is 1.46 bits per heavy atom. The first-order chi connectivity index (χ1) is 39.8. The number of likely N-dealkylation sites (N-methyl/N-ethyl adjacent to an activating group) is 1. The van der Waals surface area contributed by atoms with Gasteiger partial charge in [0.15, 0.2) is 9.84 Å². The van der Waals surface area contributed by atoms with E-state index < -0.39 is 61.6 Å². The number of amides is 4. The highest BCUT2D eigenvalue weighted by Crippen LogP contribution is 2.39. The van der Waals surface area contributed by atoms with Crippen LogP contribution in [0.1, 0.15) is 110 Å². The lowest BCUT2D eigenvalue weighted by Crippen LogP contribution is -2.62. The first kappa shape index (κ1) is 63.1. The molecule has 3 heterocycles. The van der Waals surface area contributed by atoms with E-state index in [1.807, 2.05) is 81.4 Å². The van der Waals surface area contributed by atoms with Gasteiger partial charge in [0.25, 0.3) is 0 Å². The van der Waals surface area contributed by atoms with Gasteiger partial charge < -0.3 is 49.3 Å². The van der Waals surface area contributed by atoms with Crippen molar-refractivity contribution in [2.45, 2.75) is 141 Å². The van der Waals surface area contributed by atoms with Crippen LogP contribution in [0, 0.1) is 5.41 Å². The van der Waals surface area contributed by atoms with Crippen molar-refractivity contribution in [1.82, 2.24) is 30.4 Å². The van der Waals surface area contributed by atoms with Crippen molar-refractivity contribution in [3.63, 3.8) is 0 Å². The molecule has 21 heteroatoms. The van der Waals surface area contributed by atoms with Gasteiger partial charge in [0.05, 0.1) is 71.7 Å². The number of carbonyl (C=O) groups excluding carboxylic acids is 4. The molecule has 0 saturated carbocycles. The summed E-state index contributed by atoms with van der Waals surface area (Å²) in [6, 6.07) is 21.6. The summed E-state index contributed by atoms with van der Waals surface area (Å²) in [5.74, 6) is -0.484. The second-order valence-corrected chi connectivity index (χ2v) is 27.9. The first-order valence-electron chi connectivity index (χ1n) is 28.6. The van der Waals surface area contributed by atoms with Crippen molar-refractivity contribution < 1.29 is 56.0 Å². The zero-order chi connectivity index (χ0) is 60.6. The van der Waals surface area contributed by atoms with Gasteiger partial charge in [-0.25, -0.2) is 18.2 Å². The lowest BCUT2D eigenvalue weighted by atomic mass is 9.83. The molecule has 4 amide bonds. The number of nitrogens with one attached hydrogen (secondary N) is 3. The summed E-state index contributed by atoms with van der Waals surface area (Å²) in [4.78, 5) is 68.2. The summed E-state index contributed by atoms with van der Waals surface area (Å²) in [5.41, 5.74) is 7.14. The molecule has 2 aliphatic rings. The summed E-state index contributed by atoms with van der Waals surface area (Å²) in [7, 11) is -2.36. The molecule has 1 unspecified atom stereocenters. The van der Waals surface area contributed by atoms with Crippen LogP contribution in [0.3, 0.4) is 0 Å². The topological polar surface area (TPSA) is 226 Å². The Labute approximate surface area is 497 Å². The van der Waals surface area contributed by atoms with E-state index in [0.717, 1.165) is 51.9 Å². The number of hydrogen-bond acceptors (Lipinski definition) is 16. The van der Waals surface area contributed by atoms with Gasteiger partial charge in [-0.15, -0.1) is 11.3 Å². The van der Waals surface area contributed by atoms with Gasteiger partial charge in [0, 0.05) is 49.0 Å². The second-order valence-electron chi connectivity index (χ2n) is 24.3. The van der Waals surface area contributed by atoms with Gasteiger partial charge >= 0.3 is 6.09 Å². The van der Waals surface area contributed by atoms with Gasteiger partial charge in [-0.05, 0) is 138 Å². The Morgan fingerprint density at radius 1 is 0.774 bits per heavy atom. The summed E-state index contributed by atoms with van der Waals surface area (Å²) in [5, 5.41) is 10.3. The molecule has 0 spiro atoms. The number of sulfone groups is 1. The lowest BCUT2D eigenvalue weighted by Gasteiger charge is -2.42. The maximum Gasteiger partial charge on any atom is 0.410 e. The SMILES string of the molecule is C[C@@H](C(=O)NC(C(=O)N1Cc2cc(OCCOCCOCCOCCOc3cc4nccc(Nc5ccc6scnc6c5)c4cc3S(=O)(=O)C(C)(C)C)ccc2C[C@H]1C(=O)N[C@@H]1CCCc2ccccc21)C(C)(C)C)N(C)C(=O)OC(C)(C)C. The fourth-order valence-electron chi connectivity index (χ4n) is 10.0. The summed E-state index contributed by atoms with van der Waals surface area (Å²) in [6.45, 7) is 19.4. The Bertz CT molecular complexity index is 3420. The van der Waals surface area contributed by atoms with Gasteiger partial charge in [0.1, 0.15) is 53.3 Å². The molecule has 452 valence electrons. The van der Waals surface area contributed by atoms with Crippen LogP contribution in [0.25, 0.3) is 21.1 Å². The zero-order valence-electron chi connectivity index (χ0n) is 50.2. The van der Waals surface area contributed by atoms with E-state index in [2.05, 4.69) is 32.0 Å². The summed E-state index contributed by atoms with van der Waals surface area (Å²) >= 11 is 1.56. The predicted molar refractivity (Wildman–Crippen MR) is 325 cm³/mol. The van der Waals surface area contributed by atoms with Crippen molar-refractivity contribution in [3.8, 4) is 11.5 Å². The van der Waals surface area contributed by atoms with Crippen LogP contribution in [0.4, 0.5) is 16.2 Å². The number of carbonyl (C=O) groups is 4. The smallest absolute Gasteiger partial charge is 0.410 e. The third-order valence-electron chi connectivity index (χ3n) is 14.9. The molecule has 0 saturated heterocycles. The van der Waals surface area contributed by atoms with E-state index in [1.54, 1.807) is 88.5 Å². The van der Waals surface area contributed by atoms with Crippen molar-refractivity contribution in [2.24, 2.45) is 5.41 Å². The highest BCUT2D eigenvalue weighted by atomic mass is 32.2. The number of nitrogens with zero attached hydrogens (tertiary/aromatic N) is 4. The fourth-order valence-corrected chi connectivity index (χ4v) is 12.0. The molecule has 84 heavy (non-hydrogen) atoms. The molecular formula is C63H81N7O12S2. The highest BCUT2D eigenvalue weighted by Gasteiger charge is 2.44. The third-order valence-corrected chi connectivity index (χ3v) is 18.2. The second kappa shape index (κ2) is 27.0. The van der Waals surface area contributed by atoms with Crippen molar-refractivity contribution in [2.75, 3.05) is 65.2 Å². The number of hydrogen-bond donors (Lipinski definition) is 3. The van der Waals surface area contributed by atoms with Crippen LogP contribution in [0.2, 0.25) is 0 Å². The van der Waals surface area contributed by atoms with E-state index in [1.165, 1.54) is 17.5 Å². The third kappa shape index (κ3) is 15.7. The molecule has 2 aromatic heterocycles. The summed E-state index contributed by atoms with van der Waals surface area (Å²) in [6.07, 6.45) is 3.85. The van der Waals surface area contributed by atoms with E-state index in [9.17, 15) is 22.8 Å². The normalized spacial score (nSPS) is 16.2. The molecule has 0 bridgehead atoms. The number of thiazole rings is 1. The molecule has 6 aromatic rings. The molecule has 19 nitrogen and oxygen atoms in total. The van der Waals surface area contributed by atoms with E-state index in [4.69, 9.17) is 28.4 Å². The number of aromatic nitrogens is 2. The standard InChI is InChI=1S/C63H81N7O12S2/c1-40(69(11)60(74)82-62(5,6)7)57(71)68-56(61(2,3)4)59(73)70-38-43-33-45(21-19-42(43)34-52(70)58(72)67-48-18-14-16-41-15-12-13-17-46(41)48)80-31-29-78-27-25-77-26-28-79-30-32-81-53-37-50-47(36-55(53)84(75,76)63(8,9)10)49(23-24-64-50)66-44-20-22-54-51(35-44)65-39-83-54/h12-13,15,17,19-24,33,35-37,39-40,48,52,56H,14,16,18,25-32,34,38H2,1-11H3,(H,64,66)(H,67,72)(H,68,71)/t40-,48+,52-,56?/m0/s1. The van der Waals surface area contributed by atoms with Gasteiger partial charge in [-0.3, -0.25) is 24.3 Å². The molecule has 1 aliphatic carbocycles. The molecule has 4 atom stereocenters. The maximum atomic E-state index is 15.0. The van der Waals surface area contributed by atoms with Crippen molar-refractivity contribution in [3.05, 3.63) is 113 Å². The monoisotopic (exact) mass is 1190 g/mol. The highest BCUT2D eigenvalue weighted by molar-refractivity contribution is 7.92. The van der Waals surface area contributed by atoms with E-state index in [-0.39, 0.29) is 68.6 Å². The average Bonchev–Trinajstić information content (AvgIpc) is 2.07. The Morgan fingerprint density at radius 3 is 2.15 bits per heavy atom. The average molecular weight is 1190 g/mol. The number of pyridine rings is 1. The van der Waals surface area contributed by atoms with Crippen LogP contribution in [0.15, 0.2) is 95.5 Å². The Hall–Kier alpha value is -6.91. The molecule has 0 radical (unpaired) electrons. The Kier molecular flexibility index (Phi) is 20.3. The molecule has 4 aromatic carbocycles. The van der Waals surface area contributed by atoms with Crippen molar-refractivity contribution >= 4 is 77.5 Å².